The molecule has 0 radical (unpaired) electrons. The van der Waals surface area contributed by atoms with Crippen LogP contribution in [0.15, 0.2) is 12.1 Å². The summed E-state index contributed by atoms with van der Waals surface area (Å²) >= 11 is 7.06. The van der Waals surface area contributed by atoms with E-state index in [9.17, 15) is 5.11 Å². The zero-order valence-corrected chi connectivity index (χ0v) is 9.84. The van der Waals surface area contributed by atoms with Crippen LogP contribution in [-0.2, 0) is 0 Å². The van der Waals surface area contributed by atoms with Crippen molar-refractivity contribution in [2.75, 3.05) is 12.8 Å². The molecule has 0 unspecified atom stereocenters. The molecule has 0 fully saturated rings. The van der Waals surface area contributed by atoms with E-state index in [0.717, 1.165) is 11.3 Å². The molecule has 5 nitrogen and oxygen atoms in total. The number of hydrogen-bond acceptors (Lipinski definition) is 6. The number of nitrogens with zero attached hydrogens (tertiary/aromatic N) is 2. The van der Waals surface area contributed by atoms with Crippen molar-refractivity contribution in [1.29, 1.82) is 0 Å². The molecule has 7 heteroatoms. The van der Waals surface area contributed by atoms with Crippen molar-refractivity contribution in [3.63, 3.8) is 0 Å². The predicted molar refractivity (Wildman–Crippen MR) is 63.0 cm³/mol. The molecular formula is C9H8ClN3O2S. The summed E-state index contributed by atoms with van der Waals surface area (Å²) < 4.78 is 4.99. The van der Waals surface area contributed by atoms with E-state index in [0.29, 0.717) is 20.7 Å². The lowest BCUT2D eigenvalue weighted by Crippen LogP contribution is -1.87. The number of phenolic OH excluding ortho intramolecular Hbond substituents is 1. The van der Waals surface area contributed by atoms with E-state index in [2.05, 4.69) is 10.2 Å². The molecule has 1 aromatic carbocycles. The van der Waals surface area contributed by atoms with Gasteiger partial charge in [-0.1, -0.05) is 22.9 Å². The maximum Gasteiger partial charge on any atom is 0.203 e. The summed E-state index contributed by atoms with van der Waals surface area (Å²) in [6.07, 6.45) is 0. The zero-order valence-electron chi connectivity index (χ0n) is 8.27. The third-order valence-electron chi connectivity index (χ3n) is 1.93. The van der Waals surface area contributed by atoms with E-state index >= 15 is 0 Å². The van der Waals surface area contributed by atoms with E-state index in [1.807, 2.05) is 0 Å². The molecule has 0 amide bonds. The van der Waals surface area contributed by atoms with Crippen LogP contribution in [0.5, 0.6) is 11.5 Å². The minimum atomic E-state index is -0.0250. The van der Waals surface area contributed by atoms with Gasteiger partial charge in [-0.3, -0.25) is 0 Å². The van der Waals surface area contributed by atoms with Crippen LogP contribution in [-0.4, -0.2) is 22.4 Å². The average molecular weight is 258 g/mol. The second-order valence-electron chi connectivity index (χ2n) is 2.95. The highest BCUT2D eigenvalue weighted by molar-refractivity contribution is 7.18. The van der Waals surface area contributed by atoms with Crippen LogP contribution in [0.1, 0.15) is 0 Å². The van der Waals surface area contributed by atoms with Gasteiger partial charge in [0.05, 0.1) is 12.7 Å². The van der Waals surface area contributed by atoms with Crippen LogP contribution in [0.4, 0.5) is 5.13 Å². The monoisotopic (exact) mass is 257 g/mol. The highest BCUT2D eigenvalue weighted by atomic mass is 35.5. The van der Waals surface area contributed by atoms with Crippen molar-refractivity contribution in [2.24, 2.45) is 0 Å². The number of anilines is 1. The molecule has 0 aliphatic rings. The molecule has 0 saturated carbocycles. The number of phenols is 1. The van der Waals surface area contributed by atoms with E-state index in [-0.39, 0.29) is 11.5 Å². The normalized spacial score (nSPS) is 10.4. The number of aromatic nitrogens is 2. The Morgan fingerprint density at radius 2 is 2.19 bits per heavy atom. The highest BCUT2D eigenvalue weighted by Gasteiger charge is 2.15. The average Bonchev–Trinajstić information content (AvgIpc) is 2.67. The second-order valence-corrected chi connectivity index (χ2v) is 4.40. The summed E-state index contributed by atoms with van der Waals surface area (Å²) in [5.74, 6) is 0.263. The molecular weight excluding hydrogens is 250 g/mol. The molecule has 0 saturated heterocycles. The molecule has 0 spiro atoms. The first-order valence-corrected chi connectivity index (χ1v) is 5.47. The third kappa shape index (κ3) is 1.89. The van der Waals surface area contributed by atoms with Crippen LogP contribution in [0.3, 0.4) is 0 Å². The summed E-state index contributed by atoms with van der Waals surface area (Å²) in [5, 5.41) is 18.7. The molecule has 0 bridgehead atoms. The van der Waals surface area contributed by atoms with Crippen molar-refractivity contribution in [3.05, 3.63) is 17.2 Å². The molecule has 16 heavy (non-hydrogen) atoms. The van der Waals surface area contributed by atoms with Crippen LogP contribution >= 0.6 is 22.9 Å². The zero-order chi connectivity index (χ0) is 11.7. The molecule has 1 heterocycles. The Bertz CT molecular complexity index is 529. The number of ether oxygens (including phenoxy) is 1. The van der Waals surface area contributed by atoms with Gasteiger partial charge in [0.15, 0.2) is 16.5 Å². The fourth-order valence-corrected chi connectivity index (χ4v) is 2.07. The summed E-state index contributed by atoms with van der Waals surface area (Å²) in [6, 6.07) is 3.10. The number of hydrogen-bond donors (Lipinski definition) is 2. The van der Waals surface area contributed by atoms with Gasteiger partial charge in [0.1, 0.15) is 0 Å². The molecule has 0 atom stereocenters. The molecule has 3 N–H and O–H groups in total. The predicted octanol–water partition coefficient (Wildman–Crippen LogP) is 2.15. The minimum absolute atomic E-state index is 0.0250. The Morgan fingerprint density at radius 3 is 2.75 bits per heavy atom. The molecule has 1 aromatic heterocycles. The third-order valence-corrected chi connectivity index (χ3v) is 2.93. The molecule has 2 aromatic rings. The molecule has 0 aliphatic heterocycles. The largest absolute Gasteiger partial charge is 0.504 e. The number of rotatable bonds is 2. The van der Waals surface area contributed by atoms with Crippen molar-refractivity contribution in [3.8, 4) is 22.1 Å². The Morgan fingerprint density at radius 1 is 1.44 bits per heavy atom. The number of benzene rings is 1. The fraction of sp³-hybridized carbons (Fsp3) is 0.111. The van der Waals surface area contributed by atoms with Crippen molar-refractivity contribution in [1.82, 2.24) is 10.2 Å². The second kappa shape index (κ2) is 4.15. The smallest absolute Gasteiger partial charge is 0.203 e. The lowest BCUT2D eigenvalue weighted by atomic mass is 10.2. The maximum atomic E-state index is 9.89. The lowest BCUT2D eigenvalue weighted by Gasteiger charge is -2.07. The first kappa shape index (κ1) is 11.0. The van der Waals surface area contributed by atoms with Gasteiger partial charge in [-0.2, -0.15) is 0 Å². The van der Waals surface area contributed by atoms with Crippen LogP contribution in [0.2, 0.25) is 5.02 Å². The van der Waals surface area contributed by atoms with Crippen LogP contribution < -0.4 is 10.5 Å². The first-order chi connectivity index (χ1) is 7.61. The quantitative estimate of drug-likeness (QED) is 0.862. The van der Waals surface area contributed by atoms with Gasteiger partial charge in [-0.15, -0.1) is 10.2 Å². The van der Waals surface area contributed by atoms with E-state index in [4.69, 9.17) is 22.1 Å². The lowest BCUT2D eigenvalue weighted by molar-refractivity contribution is 0.374. The number of nitrogen functional groups attached to an aromatic ring is 1. The SMILES string of the molecule is COc1cc(Cl)cc(-c2nnc(N)s2)c1O. The van der Waals surface area contributed by atoms with E-state index < -0.39 is 0 Å². The number of methoxy groups -OCH3 is 1. The number of nitrogens with two attached hydrogens (primary N) is 1. The van der Waals surface area contributed by atoms with Crippen molar-refractivity contribution >= 4 is 28.1 Å². The maximum absolute atomic E-state index is 9.89. The summed E-state index contributed by atoms with van der Waals surface area (Å²) in [4.78, 5) is 0. The Kier molecular flexibility index (Phi) is 2.84. The molecule has 0 aliphatic carbocycles. The Hall–Kier alpha value is -1.53. The van der Waals surface area contributed by atoms with Gasteiger partial charge in [-0.25, -0.2) is 0 Å². The Balaban J connectivity index is 2.60. The van der Waals surface area contributed by atoms with E-state index in [1.54, 1.807) is 6.07 Å². The number of aromatic hydroxyl groups is 1. The van der Waals surface area contributed by atoms with Crippen LogP contribution in [0, 0.1) is 0 Å². The fourth-order valence-electron chi connectivity index (χ4n) is 1.24. The Labute approximate surface area is 100 Å². The molecule has 2 rings (SSSR count). The van der Waals surface area contributed by atoms with E-state index in [1.165, 1.54) is 13.2 Å². The van der Waals surface area contributed by atoms with Gasteiger partial charge >= 0.3 is 0 Å². The van der Waals surface area contributed by atoms with Crippen LogP contribution in [0.25, 0.3) is 10.6 Å². The van der Waals surface area contributed by atoms with Gasteiger partial charge in [0, 0.05) is 11.1 Å². The van der Waals surface area contributed by atoms with Gasteiger partial charge in [0.2, 0.25) is 5.13 Å². The minimum Gasteiger partial charge on any atom is -0.504 e. The van der Waals surface area contributed by atoms with Crippen molar-refractivity contribution < 1.29 is 9.84 Å². The van der Waals surface area contributed by atoms with Gasteiger partial charge in [0.25, 0.3) is 0 Å². The van der Waals surface area contributed by atoms with Crippen molar-refractivity contribution in [2.45, 2.75) is 0 Å². The van der Waals surface area contributed by atoms with Gasteiger partial charge < -0.3 is 15.6 Å². The standard InChI is InChI=1S/C9H8ClN3O2S/c1-15-6-3-4(10)2-5(7(6)14)8-12-13-9(11)16-8/h2-3,14H,1H3,(H2,11,13). The van der Waals surface area contributed by atoms with Gasteiger partial charge in [-0.05, 0) is 6.07 Å². The summed E-state index contributed by atoms with van der Waals surface area (Å²) in [5.41, 5.74) is 5.93. The summed E-state index contributed by atoms with van der Waals surface area (Å²) in [7, 11) is 1.45. The summed E-state index contributed by atoms with van der Waals surface area (Å²) in [6.45, 7) is 0. The highest BCUT2D eigenvalue weighted by Crippen LogP contribution is 2.40. The number of halogens is 1. The topological polar surface area (TPSA) is 81.3 Å². The molecule has 84 valence electrons. The first-order valence-electron chi connectivity index (χ1n) is 4.27.